The van der Waals surface area contributed by atoms with Gasteiger partial charge < -0.3 is 11.1 Å². The number of hydrogen-bond donors (Lipinski definition) is 2. The van der Waals surface area contributed by atoms with Crippen molar-refractivity contribution in [3.63, 3.8) is 0 Å². The quantitative estimate of drug-likeness (QED) is 0.808. The van der Waals surface area contributed by atoms with E-state index >= 15 is 0 Å². The van der Waals surface area contributed by atoms with Crippen molar-refractivity contribution < 1.29 is 4.79 Å². The largest absolute Gasteiger partial charge is 0.355 e. The van der Waals surface area contributed by atoms with Crippen molar-refractivity contribution in [3.05, 3.63) is 0 Å². The average Bonchev–Trinajstić information content (AvgIpc) is 2.86. The zero-order valence-corrected chi connectivity index (χ0v) is 11.7. The molecule has 2 atom stereocenters. The number of hydrogen-bond acceptors (Lipinski definition) is 2. The normalized spacial score (nSPS) is 31.2. The van der Waals surface area contributed by atoms with Crippen LogP contribution < -0.4 is 11.1 Å². The molecule has 0 aromatic rings. The second-order valence-electron chi connectivity index (χ2n) is 6.33. The summed E-state index contributed by atoms with van der Waals surface area (Å²) < 4.78 is 0. The van der Waals surface area contributed by atoms with E-state index in [9.17, 15) is 4.79 Å². The molecule has 3 heteroatoms. The molecule has 0 saturated heterocycles. The second kappa shape index (κ2) is 6.05. The highest BCUT2D eigenvalue weighted by Gasteiger charge is 2.34. The van der Waals surface area contributed by atoms with Gasteiger partial charge in [0.05, 0.1) is 5.92 Å². The van der Waals surface area contributed by atoms with Gasteiger partial charge in [-0.05, 0) is 37.5 Å². The first-order chi connectivity index (χ1) is 8.67. The fraction of sp³-hybridized carbons (Fsp3) is 0.933. The van der Waals surface area contributed by atoms with E-state index in [4.69, 9.17) is 5.73 Å². The van der Waals surface area contributed by atoms with Gasteiger partial charge >= 0.3 is 0 Å². The van der Waals surface area contributed by atoms with Crippen LogP contribution in [0.3, 0.4) is 0 Å². The van der Waals surface area contributed by atoms with Crippen LogP contribution in [0, 0.1) is 11.3 Å². The molecular formula is C15H28N2O. The first kappa shape index (κ1) is 13.9. The second-order valence-corrected chi connectivity index (χ2v) is 6.33. The van der Waals surface area contributed by atoms with Gasteiger partial charge in [0.1, 0.15) is 0 Å². The van der Waals surface area contributed by atoms with Crippen LogP contribution >= 0.6 is 0 Å². The van der Waals surface area contributed by atoms with E-state index < -0.39 is 0 Å². The van der Waals surface area contributed by atoms with Crippen LogP contribution in [0.15, 0.2) is 0 Å². The molecule has 2 unspecified atom stereocenters. The lowest BCUT2D eigenvalue weighted by molar-refractivity contribution is -0.127. The molecule has 2 rings (SSSR count). The number of carbonyl (C=O) groups is 1. The van der Waals surface area contributed by atoms with Gasteiger partial charge in [0, 0.05) is 12.6 Å². The number of amides is 1. The Labute approximate surface area is 111 Å². The third-order valence-corrected chi connectivity index (χ3v) is 5.21. The zero-order chi connectivity index (χ0) is 13.0. The van der Waals surface area contributed by atoms with Gasteiger partial charge in [-0.25, -0.2) is 0 Å². The van der Waals surface area contributed by atoms with Crippen LogP contribution in [-0.4, -0.2) is 18.5 Å². The van der Waals surface area contributed by atoms with Gasteiger partial charge in [0.15, 0.2) is 0 Å². The van der Waals surface area contributed by atoms with E-state index in [2.05, 4.69) is 12.2 Å². The Kier molecular flexibility index (Phi) is 4.66. The van der Waals surface area contributed by atoms with Crippen molar-refractivity contribution in [2.45, 2.75) is 70.8 Å². The molecule has 2 fully saturated rings. The molecule has 0 aliphatic heterocycles. The summed E-state index contributed by atoms with van der Waals surface area (Å²) in [5.41, 5.74) is 6.45. The Morgan fingerprint density at radius 2 is 1.89 bits per heavy atom. The summed E-state index contributed by atoms with van der Waals surface area (Å²) in [5, 5.41) is 3.20. The Balaban J connectivity index is 1.83. The minimum Gasteiger partial charge on any atom is -0.355 e. The Bertz CT molecular complexity index is 284. The van der Waals surface area contributed by atoms with E-state index in [0.29, 0.717) is 5.41 Å². The van der Waals surface area contributed by atoms with Crippen molar-refractivity contribution in [1.82, 2.24) is 5.32 Å². The first-order valence-corrected chi connectivity index (χ1v) is 7.70. The van der Waals surface area contributed by atoms with Gasteiger partial charge in [-0.2, -0.15) is 0 Å². The minimum atomic E-state index is 0.0639. The van der Waals surface area contributed by atoms with Crippen molar-refractivity contribution in [2.75, 3.05) is 6.54 Å². The molecule has 0 heterocycles. The fourth-order valence-corrected chi connectivity index (χ4v) is 3.67. The van der Waals surface area contributed by atoms with E-state index in [1.807, 2.05) is 0 Å². The Morgan fingerprint density at radius 3 is 2.50 bits per heavy atom. The van der Waals surface area contributed by atoms with Crippen molar-refractivity contribution in [1.29, 1.82) is 0 Å². The van der Waals surface area contributed by atoms with Gasteiger partial charge in [-0.1, -0.05) is 32.6 Å². The molecule has 1 amide bonds. The lowest BCUT2D eigenvalue weighted by Gasteiger charge is -2.31. The van der Waals surface area contributed by atoms with E-state index in [1.165, 1.54) is 38.5 Å². The van der Waals surface area contributed by atoms with Gasteiger partial charge in [-0.3, -0.25) is 4.79 Å². The summed E-state index contributed by atoms with van der Waals surface area (Å²) >= 11 is 0. The summed E-state index contributed by atoms with van der Waals surface area (Å²) in [6, 6.07) is 0.0832. The van der Waals surface area contributed by atoms with Crippen LogP contribution in [0.5, 0.6) is 0 Å². The molecule has 18 heavy (non-hydrogen) atoms. The maximum Gasteiger partial charge on any atom is 0.224 e. The standard InChI is InChI=1S/C15H28N2O/c1-2-15(9-5-6-10-15)11-17-14(18)12-7-3-4-8-13(12)16/h12-13H,2-11,16H2,1H3,(H,17,18). The van der Waals surface area contributed by atoms with Gasteiger partial charge in [0.25, 0.3) is 0 Å². The van der Waals surface area contributed by atoms with E-state index in [0.717, 1.165) is 25.8 Å². The van der Waals surface area contributed by atoms with Crippen LogP contribution in [-0.2, 0) is 4.79 Å². The third-order valence-electron chi connectivity index (χ3n) is 5.21. The summed E-state index contributed by atoms with van der Waals surface area (Å²) in [6.07, 6.45) is 10.7. The van der Waals surface area contributed by atoms with Crippen LogP contribution in [0.25, 0.3) is 0 Å². The smallest absolute Gasteiger partial charge is 0.224 e. The minimum absolute atomic E-state index is 0.0639. The van der Waals surface area contributed by atoms with Crippen LogP contribution in [0.1, 0.15) is 64.7 Å². The maximum absolute atomic E-state index is 12.2. The fourth-order valence-electron chi connectivity index (χ4n) is 3.67. The molecule has 0 aromatic heterocycles. The highest BCUT2D eigenvalue weighted by molar-refractivity contribution is 5.79. The lowest BCUT2D eigenvalue weighted by atomic mass is 9.82. The molecule has 104 valence electrons. The Hall–Kier alpha value is -0.570. The molecule has 0 radical (unpaired) electrons. The molecule has 0 spiro atoms. The van der Waals surface area contributed by atoms with E-state index in [-0.39, 0.29) is 17.9 Å². The zero-order valence-electron chi connectivity index (χ0n) is 11.7. The first-order valence-electron chi connectivity index (χ1n) is 7.70. The molecule has 2 aliphatic rings. The molecular weight excluding hydrogens is 224 g/mol. The maximum atomic E-state index is 12.2. The topological polar surface area (TPSA) is 55.1 Å². The molecule has 0 bridgehead atoms. The predicted molar refractivity (Wildman–Crippen MR) is 74.1 cm³/mol. The lowest BCUT2D eigenvalue weighted by Crippen LogP contribution is -2.46. The Morgan fingerprint density at radius 1 is 1.22 bits per heavy atom. The molecule has 0 aromatic carbocycles. The highest BCUT2D eigenvalue weighted by Crippen LogP contribution is 2.40. The SMILES string of the molecule is CCC1(CNC(=O)C2CCCCC2N)CCCC1. The van der Waals surface area contributed by atoms with Crippen LogP contribution in [0.2, 0.25) is 0 Å². The van der Waals surface area contributed by atoms with Crippen molar-refractivity contribution in [2.24, 2.45) is 17.1 Å². The average molecular weight is 252 g/mol. The number of nitrogens with two attached hydrogens (primary N) is 1. The molecule has 2 saturated carbocycles. The van der Waals surface area contributed by atoms with Crippen molar-refractivity contribution >= 4 is 5.91 Å². The monoisotopic (exact) mass is 252 g/mol. The van der Waals surface area contributed by atoms with Gasteiger partial charge in [-0.15, -0.1) is 0 Å². The number of rotatable bonds is 4. The summed E-state index contributed by atoms with van der Waals surface area (Å²) in [7, 11) is 0. The van der Waals surface area contributed by atoms with Crippen molar-refractivity contribution in [3.8, 4) is 0 Å². The molecule has 3 N–H and O–H groups in total. The predicted octanol–water partition coefficient (Wildman–Crippen LogP) is 2.59. The molecule has 3 nitrogen and oxygen atoms in total. The third kappa shape index (κ3) is 3.05. The highest BCUT2D eigenvalue weighted by atomic mass is 16.1. The summed E-state index contributed by atoms with van der Waals surface area (Å²) in [5.74, 6) is 0.274. The number of nitrogens with one attached hydrogen (secondary N) is 1. The summed E-state index contributed by atoms with van der Waals surface area (Å²) in [4.78, 5) is 12.2. The van der Waals surface area contributed by atoms with Gasteiger partial charge in [0.2, 0.25) is 5.91 Å². The molecule has 2 aliphatic carbocycles. The van der Waals surface area contributed by atoms with E-state index in [1.54, 1.807) is 0 Å². The number of carbonyl (C=O) groups excluding carboxylic acids is 1. The van der Waals surface area contributed by atoms with Crippen LogP contribution in [0.4, 0.5) is 0 Å². The summed E-state index contributed by atoms with van der Waals surface area (Å²) in [6.45, 7) is 3.12.